The van der Waals surface area contributed by atoms with Gasteiger partial charge in [-0.15, -0.1) is 0 Å². The Morgan fingerprint density at radius 1 is 0.958 bits per heavy atom. The Bertz CT molecular complexity index is 908. The molecule has 0 N–H and O–H groups in total. The van der Waals surface area contributed by atoms with E-state index in [1.807, 2.05) is 12.1 Å². The number of allylic oxidation sites excluding steroid dienone is 4. The van der Waals surface area contributed by atoms with Gasteiger partial charge in [0.1, 0.15) is 5.41 Å². The third-order valence-electron chi connectivity index (χ3n) is 6.06. The van der Waals surface area contributed by atoms with Crippen molar-refractivity contribution >= 4 is 5.97 Å². The Hall–Kier alpha value is -2.61. The van der Waals surface area contributed by atoms with Gasteiger partial charge in [-0.05, 0) is 28.2 Å². The molecule has 2 heteroatoms. The molecule has 0 spiro atoms. The SMILES string of the molecule is COC(=O)[C@]12c3ccccc3-c3ccccc3[C@H]1[C@@H]1C=CC=C[C@@H]12. The second-order valence-corrected chi connectivity index (χ2v) is 6.84. The lowest BCUT2D eigenvalue weighted by Crippen LogP contribution is -2.63. The van der Waals surface area contributed by atoms with E-state index >= 15 is 0 Å². The van der Waals surface area contributed by atoms with Gasteiger partial charge in [0.05, 0.1) is 7.11 Å². The quantitative estimate of drug-likeness (QED) is 0.736. The molecule has 0 unspecified atom stereocenters. The van der Waals surface area contributed by atoms with Crippen LogP contribution in [-0.2, 0) is 14.9 Å². The van der Waals surface area contributed by atoms with Gasteiger partial charge in [-0.1, -0.05) is 72.8 Å². The van der Waals surface area contributed by atoms with Crippen molar-refractivity contribution in [1.82, 2.24) is 0 Å². The molecule has 4 atom stereocenters. The van der Waals surface area contributed by atoms with Crippen molar-refractivity contribution in [3.05, 3.63) is 84.0 Å². The number of hydrogen-bond donors (Lipinski definition) is 0. The number of carbonyl (C=O) groups is 1. The van der Waals surface area contributed by atoms with Crippen LogP contribution in [0.2, 0.25) is 0 Å². The summed E-state index contributed by atoms with van der Waals surface area (Å²) in [6.45, 7) is 0. The van der Waals surface area contributed by atoms with E-state index in [4.69, 9.17) is 4.74 Å². The van der Waals surface area contributed by atoms with E-state index in [1.54, 1.807) is 0 Å². The molecule has 0 aliphatic heterocycles. The predicted molar refractivity (Wildman–Crippen MR) is 93.6 cm³/mol. The highest BCUT2D eigenvalue weighted by molar-refractivity contribution is 5.94. The third kappa shape index (κ3) is 1.40. The van der Waals surface area contributed by atoms with Gasteiger partial charge in [0.15, 0.2) is 0 Å². The van der Waals surface area contributed by atoms with Crippen LogP contribution in [0.5, 0.6) is 0 Å². The zero-order valence-corrected chi connectivity index (χ0v) is 13.5. The van der Waals surface area contributed by atoms with Crippen LogP contribution in [0.1, 0.15) is 17.0 Å². The van der Waals surface area contributed by atoms with Gasteiger partial charge in [0.2, 0.25) is 0 Å². The molecule has 118 valence electrons. The molecule has 0 bridgehead atoms. The summed E-state index contributed by atoms with van der Waals surface area (Å²) in [5.41, 5.74) is 4.19. The van der Waals surface area contributed by atoms with Crippen molar-refractivity contribution in [3.8, 4) is 11.1 Å². The summed E-state index contributed by atoms with van der Waals surface area (Å²) in [5, 5.41) is 0. The van der Waals surface area contributed by atoms with Gasteiger partial charge in [-0.2, -0.15) is 0 Å². The zero-order chi connectivity index (χ0) is 16.3. The fourth-order valence-corrected chi connectivity index (χ4v) is 5.22. The third-order valence-corrected chi connectivity index (χ3v) is 6.06. The zero-order valence-electron chi connectivity index (χ0n) is 13.5. The molecule has 1 saturated carbocycles. The number of rotatable bonds is 1. The lowest BCUT2D eigenvalue weighted by atomic mass is 9.39. The van der Waals surface area contributed by atoms with Crippen LogP contribution < -0.4 is 0 Å². The first-order valence-electron chi connectivity index (χ1n) is 8.42. The van der Waals surface area contributed by atoms with Crippen LogP contribution >= 0.6 is 0 Å². The standard InChI is InChI=1S/C22H18O2/c1-24-21(23)22-18-12-6-4-9-15(18)14-8-2-3-10-16(14)20(22)17-11-5-7-13-19(17)22/h2-13,17,19-20H,1H3/t17-,19+,20+,22+/m1/s1. The number of fused-ring (bicyclic) bond motifs is 9. The molecule has 0 saturated heterocycles. The van der Waals surface area contributed by atoms with Crippen LogP contribution in [0.25, 0.3) is 11.1 Å². The van der Waals surface area contributed by atoms with Crippen molar-refractivity contribution in [2.24, 2.45) is 11.8 Å². The molecule has 0 aromatic heterocycles. The maximum absolute atomic E-state index is 13.1. The molecule has 2 nitrogen and oxygen atoms in total. The van der Waals surface area contributed by atoms with E-state index < -0.39 is 5.41 Å². The molecule has 1 fully saturated rings. The number of ether oxygens (including phenoxy) is 1. The monoisotopic (exact) mass is 314 g/mol. The molecule has 3 aliphatic rings. The van der Waals surface area contributed by atoms with E-state index in [1.165, 1.54) is 18.2 Å². The Kier molecular flexibility index (Phi) is 2.70. The molecule has 2 aromatic rings. The summed E-state index contributed by atoms with van der Waals surface area (Å²) in [4.78, 5) is 13.1. The summed E-state index contributed by atoms with van der Waals surface area (Å²) >= 11 is 0. The average molecular weight is 314 g/mol. The van der Waals surface area contributed by atoms with E-state index in [9.17, 15) is 4.79 Å². The molecular weight excluding hydrogens is 296 g/mol. The Morgan fingerprint density at radius 3 is 2.50 bits per heavy atom. The topological polar surface area (TPSA) is 26.3 Å². The Labute approximate surface area is 141 Å². The first kappa shape index (κ1) is 13.8. The second-order valence-electron chi connectivity index (χ2n) is 6.84. The van der Waals surface area contributed by atoms with E-state index in [0.717, 1.165) is 11.1 Å². The first-order chi connectivity index (χ1) is 11.8. The van der Waals surface area contributed by atoms with Gasteiger partial charge >= 0.3 is 5.97 Å². The van der Waals surface area contributed by atoms with Crippen molar-refractivity contribution in [2.75, 3.05) is 7.11 Å². The maximum Gasteiger partial charge on any atom is 0.317 e. The highest BCUT2D eigenvalue weighted by atomic mass is 16.5. The summed E-state index contributed by atoms with van der Waals surface area (Å²) < 4.78 is 5.34. The van der Waals surface area contributed by atoms with Crippen molar-refractivity contribution in [3.63, 3.8) is 0 Å². The first-order valence-corrected chi connectivity index (χ1v) is 8.42. The summed E-state index contributed by atoms with van der Waals surface area (Å²) in [5.74, 6) is 0.538. The molecule has 24 heavy (non-hydrogen) atoms. The van der Waals surface area contributed by atoms with Crippen molar-refractivity contribution in [2.45, 2.75) is 11.3 Å². The maximum atomic E-state index is 13.1. The summed E-state index contributed by atoms with van der Waals surface area (Å²) in [6, 6.07) is 16.8. The molecule has 0 heterocycles. The van der Waals surface area contributed by atoms with E-state index in [0.29, 0.717) is 5.92 Å². The van der Waals surface area contributed by atoms with Crippen LogP contribution in [0.3, 0.4) is 0 Å². The number of benzene rings is 2. The summed E-state index contributed by atoms with van der Waals surface area (Å²) in [6.07, 6.45) is 8.60. The lowest BCUT2D eigenvalue weighted by molar-refractivity contribution is -0.159. The summed E-state index contributed by atoms with van der Waals surface area (Å²) in [7, 11) is 1.51. The molecule has 0 amide bonds. The number of hydrogen-bond acceptors (Lipinski definition) is 2. The van der Waals surface area contributed by atoms with Crippen LogP contribution in [0, 0.1) is 11.8 Å². The van der Waals surface area contributed by atoms with Crippen LogP contribution in [0.15, 0.2) is 72.8 Å². The average Bonchev–Trinajstić information content (AvgIpc) is 2.64. The normalized spacial score (nSPS) is 31.1. The van der Waals surface area contributed by atoms with Gasteiger partial charge in [-0.25, -0.2) is 0 Å². The van der Waals surface area contributed by atoms with E-state index in [-0.39, 0.29) is 17.8 Å². The van der Waals surface area contributed by atoms with Crippen molar-refractivity contribution in [1.29, 1.82) is 0 Å². The second kappa shape index (κ2) is 4.70. The molecule has 3 aliphatic carbocycles. The van der Waals surface area contributed by atoms with Crippen molar-refractivity contribution < 1.29 is 9.53 Å². The van der Waals surface area contributed by atoms with Crippen LogP contribution in [0.4, 0.5) is 0 Å². The number of carbonyl (C=O) groups excluding carboxylic acids is 1. The minimum absolute atomic E-state index is 0.115. The highest BCUT2D eigenvalue weighted by Crippen LogP contribution is 2.68. The van der Waals surface area contributed by atoms with Gasteiger partial charge in [0, 0.05) is 11.8 Å². The largest absolute Gasteiger partial charge is 0.468 e. The highest BCUT2D eigenvalue weighted by Gasteiger charge is 2.68. The van der Waals surface area contributed by atoms with Gasteiger partial charge in [-0.3, -0.25) is 4.79 Å². The lowest BCUT2D eigenvalue weighted by Gasteiger charge is -2.61. The Morgan fingerprint density at radius 2 is 1.67 bits per heavy atom. The number of esters is 1. The Balaban J connectivity index is 1.87. The molecule has 2 aromatic carbocycles. The fraction of sp³-hybridized carbons (Fsp3) is 0.227. The van der Waals surface area contributed by atoms with Crippen LogP contribution in [-0.4, -0.2) is 13.1 Å². The smallest absolute Gasteiger partial charge is 0.317 e. The molecular formula is C22H18O2. The van der Waals surface area contributed by atoms with Gasteiger partial charge < -0.3 is 4.74 Å². The molecule has 0 radical (unpaired) electrons. The molecule has 5 rings (SSSR count). The predicted octanol–water partition coefficient (Wildman–Crippen LogP) is 4.23. The minimum Gasteiger partial charge on any atom is -0.468 e. The van der Waals surface area contributed by atoms with E-state index in [2.05, 4.69) is 60.7 Å². The number of methoxy groups -OCH3 is 1. The minimum atomic E-state index is -0.606. The fourth-order valence-electron chi connectivity index (χ4n) is 5.22. The van der Waals surface area contributed by atoms with Gasteiger partial charge in [0.25, 0.3) is 0 Å².